The maximum absolute atomic E-state index is 12.8. The quantitative estimate of drug-likeness (QED) is 0.386. The highest BCUT2D eigenvalue weighted by Gasteiger charge is 2.36. The lowest BCUT2D eigenvalue weighted by atomic mass is 10.1. The molecule has 0 N–H and O–H groups in total. The summed E-state index contributed by atoms with van der Waals surface area (Å²) in [5.41, 5.74) is 0.474. The Morgan fingerprint density at radius 3 is 2.10 bits per heavy atom. The van der Waals surface area contributed by atoms with Crippen LogP contribution in [0, 0.1) is 0 Å². The number of unbranched alkanes of at least 4 members (excludes halogenated alkanes) is 1. The fourth-order valence-corrected chi connectivity index (χ4v) is 4.22. The van der Waals surface area contributed by atoms with Crippen LogP contribution < -0.4 is 0 Å². The first-order valence-electron chi connectivity index (χ1n) is 7.44. The van der Waals surface area contributed by atoms with Gasteiger partial charge in [0.2, 0.25) is 0 Å². The Morgan fingerprint density at radius 2 is 1.70 bits per heavy atom. The van der Waals surface area contributed by atoms with Crippen molar-refractivity contribution in [2.75, 3.05) is 13.2 Å². The standard InChI is InChI=1S/C15H29O4P/c1-6-9-10-14(16)12-15(11-13(4)5)20(17,18-7-2)19-8-3/h15H,4,6-12H2,1-3,5H3. The van der Waals surface area contributed by atoms with Crippen molar-refractivity contribution in [2.24, 2.45) is 0 Å². The van der Waals surface area contributed by atoms with Gasteiger partial charge in [0.25, 0.3) is 0 Å². The van der Waals surface area contributed by atoms with E-state index in [1.165, 1.54) is 0 Å². The molecule has 0 fully saturated rings. The lowest BCUT2D eigenvalue weighted by molar-refractivity contribution is -0.119. The van der Waals surface area contributed by atoms with Crippen LogP contribution in [0.25, 0.3) is 0 Å². The van der Waals surface area contributed by atoms with E-state index in [-0.39, 0.29) is 12.2 Å². The van der Waals surface area contributed by atoms with Crippen LogP contribution in [-0.2, 0) is 18.4 Å². The molecule has 0 aliphatic carbocycles. The average molecular weight is 304 g/mol. The summed E-state index contributed by atoms with van der Waals surface area (Å²) in [6.07, 6.45) is 3.11. The maximum Gasteiger partial charge on any atom is 0.334 e. The van der Waals surface area contributed by atoms with E-state index in [9.17, 15) is 9.36 Å². The Balaban J connectivity index is 4.94. The minimum atomic E-state index is -3.25. The van der Waals surface area contributed by atoms with Crippen LogP contribution in [0.5, 0.6) is 0 Å². The summed E-state index contributed by atoms with van der Waals surface area (Å²) in [4.78, 5) is 12.0. The molecule has 0 saturated heterocycles. The number of ketones is 1. The van der Waals surface area contributed by atoms with Crippen molar-refractivity contribution in [3.63, 3.8) is 0 Å². The van der Waals surface area contributed by atoms with Gasteiger partial charge in [0.15, 0.2) is 0 Å². The van der Waals surface area contributed by atoms with Gasteiger partial charge in [0.1, 0.15) is 5.78 Å². The summed E-state index contributed by atoms with van der Waals surface area (Å²) in [7, 11) is -3.25. The van der Waals surface area contributed by atoms with Crippen LogP contribution in [-0.4, -0.2) is 24.7 Å². The van der Waals surface area contributed by atoms with Crippen molar-refractivity contribution in [3.05, 3.63) is 12.2 Å². The van der Waals surface area contributed by atoms with Gasteiger partial charge in [-0.2, -0.15) is 0 Å². The monoisotopic (exact) mass is 304 g/mol. The van der Waals surface area contributed by atoms with Crippen LogP contribution in [0.1, 0.15) is 59.8 Å². The number of hydrogen-bond acceptors (Lipinski definition) is 4. The number of carbonyl (C=O) groups excluding carboxylic acids is 1. The van der Waals surface area contributed by atoms with Gasteiger partial charge in [-0.15, -0.1) is 6.58 Å². The van der Waals surface area contributed by atoms with E-state index in [1.54, 1.807) is 13.8 Å². The van der Waals surface area contributed by atoms with Gasteiger partial charge >= 0.3 is 7.60 Å². The van der Waals surface area contributed by atoms with E-state index in [0.717, 1.165) is 18.4 Å². The number of carbonyl (C=O) groups is 1. The lowest BCUT2D eigenvalue weighted by Crippen LogP contribution is -2.18. The minimum Gasteiger partial charge on any atom is -0.309 e. The van der Waals surface area contributed by atoms with Gasteiger partial charge in [-0.3, -0.25) is 9.36 Å². The van der Waals surface area contributed by atoms with Gasteiger partial charge in [0.05, 0.1) is 18.9 Å². The number of rotatable bonds is 12. The van der Waals surface area contributed by atoms with Crippen LogP contribution in [0.2, 0.25) is 0 Å². The van der Waals surface area contributed by atoms with Crippen LogP contribution >= 0.6 is 7.60 Å². The third-order valence-electron chi connectivity index (χ3n) is 2.92. The SMILES string of the molecule is C=C(C)CC(CC(=O)CCCC)P(=O)(OCC)OCC. The van der Waals surface area contributed by atoms with E-state index >= 15 is 0 Å². The molecule has 0 radical (unpaired) electrons. The second kappa shape index (κ2) is 10.3. The zero-order chi connectivity index (χ0) is 15.6. The summed E-state index contributed by atoms with van der Waals surface area (Å²) in [5.74, 6) is 0.123. The minimum absolute atomic E-state index is 0.123. The topological polar surface area (TPSA) is 52.6 Å². The number of hydrogen-bond donors (Lipinski definition) is 0. The van der Waals surface area contributed by atoms with Gasteiger partial charge in [-0.1, -0.05) is 18.9 Å². The second-order valence-electron chi connectivity index (χ2n) is 5.04. The highest BCUT2D eigenvalue weighted by Crippen LogP contribution is 2.56. The van der Waals surface area contributed by atoms with Crippen LogP contribution in [0.4, 0.5) is 0 Å². The van der Waals surface area contributed by atoms with Crippen LogP contribution in [0.3, 0.4) is 0 Å². The molecule has 0 rings (SSSR count). The Hall–Kier alpha value is -0.440. The highest BCUT2D eigenvalue weighted by atomic mass is 31.2. The largest absolute Gasteiger partial charge is 0.334 e. The zero-order valence-electron chi connectivity index (χ0n) is 13.3. The number of allylic oxidation sites excluding steroid dienone is 1. The molecule has 0 spiro atoms. The molecule has 0 aliphatic heterocycles. The van der Waals surface area contributed by atoms with Crippen molar-refractivity contribution >= 4 is 13.4 Å². The Bertz CT molecular complexity index is 342. The van der Waals surface area contributed by atoms with E-state index in [4.69, 9.17) is 9.05 Å². The predicted octanol–water partition coefficient (Wildman–Crippen LogP) is 4.74. The molecule has 0 amide bonds. The Labute approximate surface area is 123 Å². The zero-order valence-corrected chi connectivity index (χ0v) is 14.2. The third kappa shape index (κ3) is 7.37. The molecule has 0 heterocycles. The summed E-state index contributed by atoms with van der Waals surface area (Å²) < 4.78 is 23.6. The van der Waals surface area contributed by atoms with Crippen molar-refractivity contribution in [1.29, 1.82) is 0 Å². The third-order valence-corrected chi connectivity index (χ3v) is 5.42. The second-order valence-corrected chi connectivity index (χ2v) is 7.36. The molecule has 118 valence electrons. The van der Waals surface area contributed by atoms with E-state index in [1.807, 2.05) is 13.8 Å². The summed E-state index contributed by atoms with van der Waals surface area (Å²) in [5, 5.41) is 0. The fourth-order valence-electron chi connectivity index (χ4n) is 2.04. The van der Waals surface area contributed by atoms with Gasteiger partial charge in [0, 0.05) is 12.8 Å². The van der Waals surface area contributed by atoms with E-state index < -0.39 is 13.3 Å². The first kappa shape index (κ1) is 19.6. The molecular weight excluding hydrogens is 275 g/mol. The molecule has 0 aromatic heterocycles. The van der Waals surface area contributed by atoms with E-state index in [2.05, 4.69) is 6.58 Å². The number of Topliss-reactive ketones (excluding diaryl/α,β-unsaturated/α-hetero) is 1. The molecular formula is C15H29O4P. The van der Waals surface area contributed by atoms with Crippen molar-refractivity contribution in [3.8, 4) is 0 Å². The molecule has 0 aromatic rings. The molecule has 20 heavy (non-hydrogen) atoms. The maximum atomic E-state index is 12.8. The molecule has 0 bridgehead atoms. The van der Waals surface area contributed by atoms with Crippen molar-refractivity contribution < 1.29 is 18.4 Å². The van der Waals surface area contributed by atoms with Crippen molar-refractivity contribution in [2.45, 2.75) is 65.5 Å². The molecule has 1 unspecified atom stereocenters. The lowest BCUT2D eigenvalue weighted by Gasteiger charge is -2.26. The Morgan fingerprint density at radius 1 is 1.15 bits per heavy atom. The molecule has 0 aromatic carbocycles. The molecule has 0 aliphatic rings. The van der Waals surface area contributed by atoms with Crippen LogP contribution in [0.15, 0.2) is 12.2 Å². The summed E-state index contributed by atoms with van der Waals surface area (Å²) in [6, 6.07) is 0. The first-order chi connectivity index (χ1) is 9.39. The smallest absolute Gasteiger partial charge is 0.309 e. The molecule has 0 saturated carbocycles. The molecule has 1 atom stereocenters. The summed E-state index contributed by atoms with van der Waals surface area (Å²) >= 11 is 0. The van der Waals surface area contributed by atoms with E-state index in [0.29, 0.717) is 26.1 Å². The van der Waals surface area contributed by atoms with Gasteiger partial charge in [-0.05, 0) is 33.6 Å². The molecule has 4 nitrogen and oxygen atoms in total. The Kier molecular flexibility index (Phi) is 10.1. The predicted molar refractivity (Wildman–Crippen MR) is 83.2 cm³/mol. The van der Waals surface area contributed by atoms with Crippen molar-refractivity contribution in [1.82, 2.24) is 0 Å². The average Bonchev–Trinajstić information content (AvgIpc) is 2.35. The highest BCUT2D eigenvalue weighted by molar-refractivity contribution is 7.54. The normalized spacial score (nSPS) is 13.2. The first-order valence-corrected chi connectivity index (χ1v) is 9.05. The fraction of sp³-hybridized carbons (Fsp3) is 0.800. The van der Waals surface area contributed by atoms with Gasteiger partial charge in [-0.25, -0.2) is 0 Å². The van der Waals surface area contributed by atoms with Gasteiger partial charge < -0.3 is 9.05 Å². The summed E-state index contributed by atoms with van der Waals surface area (Å²) in [6.45, 7) is 12.0. The molecule has 5 heteroatoms.